The molecule has 0 saturated carbocycles. The molecular formula is C37H35F3N2O6. The lowest BCUT2D eigenvalue weighted by molar-refractivity contribution is -0.138. The minimum Gasteiger partial charge on any atom is -0.465 e. The molecule has 0 bridgehead atoms. The van der Waals surface area contributed by atoms with Gasteiger partial charge in [0.2, 0.25) is 0 Å². The molecule has 4 aromatic rings. The molecule has 11 heteroatoms. The Balaban J connectivity index is 1.54. The van der Waals surface area contributed by atoms with Gasteiger partial charge in [0, 0.05) is 20.5 Å². The number of benzene rings is 4. The van der Waals surface area contributed by atoms with Crippen LogP contribution in [-0.2, 0) is 28.5 Å². The van der Waals surface area contributed by atoms with E-state index in [1.165, 1.54) is 50.4 Å². The fourth-order valence-electron chi connectivity index (χ4n) is 5.16. The summed E-state index contributed by atoms with van der Waals surface area (Å²) in [5.74, 6) is -2.13. The Morgan fingerprint density at radius 3 is 2.25 bits per heavy atom. The Morgan fingerprint density at radius 1 is 0.875 bits per heavy atom. The number of esters is 2. The normalized spacial score (nSPS) is 11.1. The summed E-state index contributed by atoms with van der Waals surface area (Å²) in [6, 6.07) is 21.1. The number of alkyl halides is 3. The minimum atomic E-state index is -4.81. The Kier molecular flexibility index (Phi) is 11.4. The van der Waals surface area contributed by atoms with Gasteiger partial charge in [-0.1, -0.05) is 55.5 Å². The summed E-state index contributed by atoms with van der Waals surface area (Å²) in [5, 5.41) is 2.55. The highest BCUT2D eigenvalue weighted by molar-refractivity contribution is 6.12. The molecule has 0 radical (unpaired) electrons. The van der Waals surface area contributed by atoms with E-state index in [0.29, 0.717) is 47.3 Å². The van der Waals surface area contributed by atoms with E-state index < -0.39 is 41.1 Å². The fraction of sp³-hybridized carbons (Fsp3) is 0.243. The van der Waals surface area contributed by atoms with Gasteiger partial charge in [-0.2, -0.15) is 13.2 Å². The average Bonchev–Trinajstić information content (AvgIpc) is 3.07. The molecular weight excluding hydrogens is 625 g/mol. The zero-order chi connectivity index (χ0) is 35.0. The van der Waals surface area contributed by atoms with Gasteiger partial charge in [0.05, 0.1) is 35.1 Å². The number of rotatable bonds is 11. The largest absolute Gasteiger partial charge is 0.465 e. The van der Waals surface area contributed by atoms with Gasteiger partial charge >= 0.3 is 18.1 Å². The highest BCUT2D eigenvalue weighted by atomic mass is 19.4. The van der Waals surface area contributed by atoms with E-state index in [2.05, 4.69) is 5.32 Å². The SMILES string of the molecule is CCc1cc(C(=O)OC)ccc1OC(=O)CCCc1ccc(NC(=O)c2c(-c3ccccc3)cccc2C(F)(F)F)c(C(=O)N(C)C)c1. The highest BCUT2D eigenvalue weighted by Gasteiger charge is 2.37. The first-order valence-corrected chi connectivity index (χ1v) is 15.2. The van der Waals surface area contributed by atoms with Crippen molar-refractivity contribution in [3.63, 3.8) is 0 Å². The quantitative estimate of drug-likeness (QED) is 0.131. The van der Waals surface area contributed by atoms with Crippen molar-refractivity contribution in [2.75, 3.05) is 26.5 Å². The Labute approximate surface area is 276 Å². The molecule has 0 aliphatic rings. The van der Waals surface area contributed by atoms with Crippen molar-refractivity contribution in [2.24, 2.45) is 0 Å². The van der Waals surface area contributed by atoms with Crippen LogP contribution < -0.4 is 10.1 Å². The number of ether oxygens (including phenoxy) is 2. The topological polar surface area (TPSA) is 102 Å². The molecule has 0 atom stereocenters. The molecule has 250 valence electrons. The van der Waals surface area contributed by atoms with Crippen LogP contribution in [0.2, 0.25) is 0 Å². The van der Waals surface area contributed by atoms with Gasteiger partial charge in [-0.25, -0.2) is 4.79 Å². The molecule has 0 aromatic heterocycles. The number of hydrogen-bond acceptors (Lipinski definition) is 6. The minimum absolute atomic E-state index is 0.0420. The highest BCUT2D eigenvalue weighted by Crippen LogP contribution is 2.37. The van der Waals surface area contributed by atoms with Gasteiger partial charge in [-0.05, 0) is 77.9 Å². The van der Waals surface area contributed by atoms with Gasteiger partial charge in [0.25, 0.3) is 11.8 Å². The van der Waals surface area contributed by atoms with Crippen molar-refractivity contribution in [1.82, 2.24) is 4.90 Å². The average molecular weight is 661 g/mol. The molecule has 1 N–H and O–H groups in total. The Morgan fingerprint density at radius 2 is 1.60 bits per heavy atom. The molecule has 0 spiro atoms. The van der Waals surface area contributed by atoms with E-state index in [9.17, 15) is 32.3 Å². The van der Waals surface area contributed by atoms with Crippen molar-refractivity contribution in [2.45, 2.75) is 38.8 Å². The van der Waals surface area contributed by atoms with E-state index in [1.807, 2.05) is 6.92 Å². The van der Waals surface area contributed by atoms with Gasteiger partial charge in [-0.3, -0.25) is 14.4 Å². The third kappa shape index (κ3) is 8.47. The molecule has 4 rings (SSSR count). The molecule has 48 heavy (non-hydrogen) atoms. The van der Waals surface area contributed by atoms with Crippen LogP contribution in [0.4, 0.5) is 18.9 Å². The standard InChI is InChI=1S/C37H35F3N2O6/c1-5-24-22-26(36(46)47-4)18-20-31(24)48-32(43)16-9-11-23-17-19-30(28(21-23)35(45)42(2)3)41-34(44)33-27(25-12-7-6-8-13-25)14-10-15-29(33)37(38,39)40/h6-8,10,12-15,17-22H,5,9,11,16H2,1-4H3,(H,41,44). The first-order chi connectivity index (χ1) is 22.8. The summed E-state index contributed by atoms with van der Waals surface area (Å²) in [7, 11) is 4.32. The van der Waals surface area contributed by atoms with Crippen molar-refractivity contribution in [3.8, 4) is 16.9 Å². The van der Waals surface area contributed by atoms with Crippen LogP contribution in [0.1, 0.15) is 67.5 Å². The number of nitrogens with one attached hydrogen (secondary N) is 1. The van der Waals surface area contributed by atoms with Crippen LogP contribution >= 0.6 is 0 Å². The molecule has 0 saturated heterocycles. The van der Waals surface area contributed by atoms with E-state index in [4.69, 9.17) is 9.47 Å². The number of carbonyl (C=O) groups excluding carboxylic acids is 4. The van der Waals surface area contributed by atoms with E-state index in [1.54, 1.807) is 54.6 Å². The Bertz CT molecular complexity index is 1820. The molecule has 8 nitrogen and oxygen atoms in total. The summed E-state index contributed by atoms with van der Waals surface area (Å²) in [6.07, 6.45) is -3.51. The number of halogens is 3. The second-order valence-electron chi connectivity index (χ2n) is 11.1. The first kappa shape index (κ1) is 35.4. The molecule has 0 aliphatic heterocycles. The third-order valence-electron chi connectivity index (χ3n) is 7.58. The fourth-order valence-corrected chi connectivity index (χ4v) is 5.16. The van der Waals surface area contributed by atoms with Crippen molar-refractivity contribution in [3.05, 3.63) is 118 Å². The lowest BCUT2D eigenvalue weighted by Gasteiger charge is -2.19. The number of aryl methyl sites for hydroxylation is 2. The summed E-state index contributed by atoms with van der Waals surface area (Å²) in [5.41, 5.74) is 0.668. The van der Waals surface area contributed by atoms with Crippen molar-refractivity contribution < 1.29 is 41.8 Å². The summed E-state index contributed by atoms with van der Waals surface area (Å²) >= 11 is 0. The molecule has 4 aromatic carbocycles. The van der Waals surface area contributed by atoms with Crippen molar-refractivity contribution in [1.29, 1.82) is 0 Å². The van der Waals surface area contributed by atoms with Crippen LogP contribution in [0.15, 0.2) is 84.9 Å². The van der Waals surface area contributed by atoms with Gasteiger partial charge in [0.15, 0.2) is 0 Å². The smallest absolute Gasteiger partial charge is 0.417 e. The van der Waals surface area contributed by atoms with Crippen LogP contribution in [0.25, 0.3) is 11.1 Å². The van der Waals surface area contributed by atoms with Crippen LogP contribution in [0, 0.1) is 0 Å². The number of anilines is 1. The maximum absolute atomic E-state index is 14.1. The van der Waals surface area contributed by atoms with Crippen LogP contribution in [0.5, 0.6) is 5.75 Å². The lowest BCUT2D eigenvalue weighted by atomic mass is 9.94. The van der Waals surface area contributed by atoms with Crippen molar-refractivity contribution >= 4 is 29.4 Å². The Hall–Kier alpha value is -5.45. The maximum Gasteiger partial charge on any atom is 0.417 e. The monoisotopic (exact) mass is 660 g/mol. The second-order valence-corrected chi connectivity index (χ2v) is 11.1. The van der Waals surface area contributed by atoms with Crippen LogP contribution in [-0.4, -0.2) is 49.9 Å². The number of amides is 2. The zero-order valence-corrected chi connectivity index (χ0v) is 26.9. The maximum atomic E-state index is 14.1. The lowest BCUT2D eigenvalue weighted by Crippen LogP contribution is -2.25. The number of hydrogen-bond donors (Lipinski definition) is 1. The molecule has 0 fully saturated rings. The number of carbonyl (C=O) groups is 4. The summed E-state index contributed by atoms with van der Waals surface area (Å²) in [6.45, 7) is 1.86. The van der Waals surface area contributed by atoms with E-state index >= 15 is 0 Å². The number of methoxy groups -OCH3 is 1. The van der Waals surface area contributed by atoms with Gasteiger partial charge in [-0.15, -0.1) is 0 Å². The zero-order valence-electron chi connectivity index (χ0n) is 26.9. The predicted octanol–water partition coefficient (Wildman–Crippen LogP) is 7.60. The first-order valence-electron chi connectivity index (χ1n) is 15.2. The van der Waals surface area contributed by atoms with Gasteiger partial charge in [0.1, 0.15) is 5.75 Å². The molecule has 0 aliphatic carbocycles. The molecule has 0 heterocycles. The third-order valence-corrected chi connectivity index (χ3v) is 7.58. The second kappa shape index (κ2) is 15.4. The summed E-state index contributed by atoms with van der Waals surface area (Å²) < 4.78 is 52.6. The number of nitrogens with zero attached hydrogens (tertiary/aromatic N) is 1. The summed E-state index contributed by atoms with van der Waals surface area (Å²) in [4.78, 5) is 52.6. The molecule has 0 unspecified atom stereocenters. The van der Waals surface area contributed by atoms with Crippen LogP contribution in [0.3, 0.4) is 0 Å². The van der Waals surface area contributed by atoms with Gasteiger partial charge < -0.3 is 19.7 Å². The van der Waals surface area contributed by atoms with E-state index in [0.717, 1.165) is 6.07 Å². The van der Waals surface area contributed by atoms with E-state index in [-0.39, 0.29) is 23.2 Å². The predicted molar refractivity (Wildman–Crippen MR) is 175 cm³/mol. The molecule has 2 amide bonds.